The lowest BCUT2D eigenvalue weighted by Gasteiger charge is -2.08. The van der Waals surface area contributed by atoms with Crippen LogP contribution in [0.3, 0.4) is 0 Å². The molecule has 2 aromatic rings. The van der Waals surface area contributed by atoms with Gasteiger partial charge in [-0.05, 0) is 35.9 Å². The number of benzene rings is 2. The number of hydrogen-bond donors (Lipinski definition) is 3. The van der Waals surface area contributed by atoms with E-state index in [1.54, 1.807) is 31.4 Å². The van der Waals surface area contributed by atoms with E-state index in [0.717, 1.165) is 5.56 Å². The number of sulfonamides is 1. The molecule has 0 aromatic heterocycles. The molecule has 0 heterocycles. The summed E-state index contributed by atoms with van der Waals surface area (Å²) in [6, 6.07) is 10.8. The number of anilines is 1. The van der Waals surface area contributed by atoms with Crippen molar-refractivity contribution in [3.63, 3.8) is 0 Å². The zero-order valence-corrected chi connectivity index (χ0v) is 12.2. The quantitative estimate of drug-likeness (QED) is 0.573. The molecule has 2 aromatic carbocycles. The van der Waals surface area contributed by atoms with E-state index in [9.17, 15) is 13.5 Å². The Morgan fingerprint density at radius 2 is 1.86 bits per heavy atom. The Hall–Kier alpha value is -2.25. The Kier molecular flexibility index (Phi) is 4.35. The van der Waals surface area contributed by atoms with Crippen LogP contribution in [0.2, 0.25) is 0 Å². The first-order valence-electron chi connectivity index (χ1n) is 6.13. The largest absolute Gasteiger partial charge is 0.506 e. The van der Waals surface area contributed by atoms with Crippen molar-refractivity contribution < 1.29 is 18.3 Å². The van der Waals surface area contributed by atoms with E-state index in [2.05, 4.69) is 4.72 Å². The number of ether oxygens (including phenoxy) is 1. The third-order valence-corrected chi connectivity index (χ3v) is 4.33. The molecule has 0 saturated heterocycles. The molecule has 0 radical (unpaired) electrons. The van der Waals surface area contributed by atoms with Crippen LogP contribution in [0.5, 0.6) is 11.5 Å². The first-order valence-corrected chi connectivity index (χ1v) is 7.62. The number of methoxy groups -OCH3 is 1. The molecule has 112 valence electrons. The van der Waals surface area contributed by atoms with Crippen LogP contribution in [0.4, 0.5) is 5.69 Å². The van der Waals surface area contributed by atoms with Crippen LogP contribution < -0.4 is 15.2 Å². The highest BCUT2D eigenvalue weighted by atomic mass is 32.2. The molecule has 0 aliphatic carbocycles. The Bertz CT molecular complexity index is 727. The van der Waals surface area contributed by atoms with Crippen molar-refractivity contribution in [1.29, 1.82) is 0 Å². The minimum absolute atomic E-state index is 0.00584. The predicted octanol–water partition coefficient (Wildman–Crippen LogP) is 1.46. The normalized spacial score (nSPS) is 11.3. The average Bonchev–Trinajstić information content (AvgIpc) is 2.48. The maximum absolute atomic E-state index is 12.1. The molecule has 21 heavy (non-hydrogen) atoms. The van der Waals surface area contributed by atoms with E-state index < -0.39 is 10.0 Å². The fraction of sp³-hybridized carbons (Fsp3) is 0.143. The van der Waals surface area contributed by atoms with Gasteiger partial charge in [-0.2, -0.15) is 0 Å². The number of aromatic hydroxyl groups is 1. The van der Waals surface area contributed by atoms with Gasteiger partial charge in [0, 0.05) is 6.54 Å². The van der Waals surface area contributed by atoms with Crippen molar-refractivity contribution in [3.8, 4) is 11.5 Å². The van der Waals surface area contributed by atoms with Crippen LogP contribution in [0.1, 0.15) is 5.56 Å². The number of nitrogens with one attached hydrogen (secondary N) is 1. The van der Waals surface area contributed by atoms with Gasteiger partial charge in [-0.1, -0.05) is 12.1 Å². The molecule has 0 fully saturated rings. The van der Waals surface area contributed by atoms with E-state index in [4.69, 9.17) is 10.5 Å². The van der Waals surface area contributed by atoms with E-state index in [1.165, 1.54) is 18.2 Å². The topological polar surface area (TPSA) is 102 Å². The molecular weight excluding hydrogens is 292 g/mol. The SMILES string of the molecule is COc1ccc(CNS(=O)(=O)c2ccc(O)c(N)c2)cc1. The summed E-state index contributed by atoms with van der Waals surface area (Å²) >= 11 is 0. The minimum atomic E-state index is -3.69. The van der Waals surface area contributed by atoms with E-state index in [-0.39, 0.29) is 22.9 Å². The molecule has 0 spiro atoms. The summed E-state index contributed by atoms with van der Waals surface area (Å²) in [6.07, 6.45) is 0. The highest BCUT2D eigenvalue weighted by molar-refractivity contribution is 7.89. The average molecular weight is 308 g/mol. The standard InChI is InChI=1S/C14H16N2O4S/c1-20-11-4-2-10(3-5-11)9-16-21(18,19)12-6-7-14(17)13(15)8-12/h2-8,16-17H,9,15H2,1H3. The minimum Gasteiger partial charge on any atom is -0.506 e. The van der Waals surface area contributed by atoms with Crippen LogP contribution in [-0.4, -0.2) is 20.6 Å². The third kappa shape index (κ3) is 3.65. The predicted molar refractivity (Wildman–Crippen MR) is 79.5 cm³/mol. The summed E-state index contributed by atoms with van der Waals surface area (Å²) in [5, 5.41) is 9.31. The van der Waals surface area contributed by atoms with Gasteiger partial charge in [0.2, 0.25) is 10.0 Å². The van der Waals surface area contributed by atoms with Crippen molar-refractivity contribution in [2.24, 2.45) is 0 Å². The Balaban J connectivity index is 2.11. The molecule has 4 N–H and O–H groups in total. The molecule has 0 saturated carbocycles. The van der Waals surface area contributed by atoms with E-state index >= 15 is 0 Å². The van der Waals surface area contributed by atoms with Crippen LogP contribution in [-0.2, 0) is 16.6 Å². The number of nitrogen functional groups attached to an aromatic ring is 1. The third-order valence-electron chi connectivity index (χ3n) is 2.93. The van der Waals surface area contributed by atoms with Gasteiger partial charge in [0.05, 0.1) is 17.7 Å². The number of hydrogen-bond acceptors (Lipinski definition) is 5. The molecule has 0 bridgehead atoms. The van der Waals surface area contributed by atoms with Gasteiger partial charge >= 0.3 is 0 Å². The second kappa shape index (κ2) is 6.02. The summed E-state index contributed by atoms with van der Waals surface area (Å²) in [5.41, 5.74) is 6.31. The summed E-state index contributed by atoms with van der Waals surface area (Å²) in [7, 11) is -2.12. The van der Waals surface area contributed by atoms with Crippen LogP contribution in [0.15, 0.2) is 47.4 Å². The van der Waals surface area contributed by atoms with E-state index in [0.29, 0.717) is 5.75 Å². The number of phenols is 1. The van der Waals surface area contributed by atoms with Crippen molar-refractivity contribution in [2.75, 3.05) is 12.8 Å². The first kappa shape index (κ1) is 15.1. The highest BCUT2D eigenvalue weighted by Gasteiger charge is 2.15. The smallest absolute Gasteiger partial charge is 0.240 e. The fourth-order valence-corrected chi connectivity index (χ4v) is 2.76. The molecular formula is C14H16N2O4S. The second-order valence-electron chi connectivity index (χ2n) is 4.39. The van der Waals surface area contributed by atoms with Gasteiger partial charge in [-0.25, -0.2) is 13.1 Å². The van der Waals surface area contributed by atoms with Gasteiger partial charge in [0.1, 0.15) is 11.5 Å². The summed E-state index contributed by atoms with van der Waals surface area (Å²) in [4.78, 5) is 0.00584. The van der Waals surface area contributed by atoms with Crippen molar-refractivity contribution in [2.45, 2.75) is 11.4 Å². The van der Waals surface area contributed by atoms with Gasteiger partial charge in [-0.3, -0.25) is 0 Å². The van der Waals surface area contributed by atoms with Crippen LogP contribution >= 0.6 is 0 Å². The summed E-state index contributed by atoms with van der Waals surface area (Å²) < 4.78 is 31.7. The molecule has 0 atom stereocenters. The second-order valence-corrected chi connectivity index (χ2v) is 6.16. The fourth-order valence-electron chi connectivity index (χ4n) is 1.70. The number of nitrogens with two attached hydrogens (primary N) is 1. The first-order chi connectivity index (χ1) is 9.92. The molecule has 2 rings (SSSR count). The van der Waals surface area contributed by atoms with Crippen molar-refractivity contribution >= 4 is 15.7 Å². The maximum atomic E-state index is 12.1. The lowest BCUT2D eigenvalue weighted by Crippen LogP contribution is -2.23. The zero-order valence-electron chi connectivity index (χ0n) is 11.4. The van der Waals surface area contributed by atoms with Gasteiger partial charge in [0.25, 0.3) is 0 Å². The summed E-state index contributed by atoms with van der Waals surface area (Å²) in [5.74, 6) is 0.553. The van der Waals surface area contributed by atoms with Gasteiger partial charge < -0.3 is 15.6 Å². The van der Waals surface area contributed by atoms with Crippen LogP contribution in [0, 0.1) is 0 Å². The lowest BCUT2D eigenvalue weighted by atomic mass is 10.2. The van der Waals surface area contributed by atoms with Crippen LogP contribution in [0.25, 0.3) is 0 Å². The zero-order chi connectivity index (χ0) is 15.5. The Morgan fingerprint density at radius 3 is 2.43 bits per heavy atom. The number of phenolic OH excluding ortho intramolecular Hbond substituents is 1. The van der Waals surface area contributed by atoms with Crippen molar-refractivity contribution in [1.82, 2.24) is 4.72 Å². The summed E-state index contributed by atoms with van der Waals surface area (Å²) in [6.45, 7) is 0.146. The highest BCUT2D eigenvalue weighted by Crippen LogP contribution is 2.23. The molecule has 0 unspecified atom stereocenters. The maximum Gasteiger partial charge on any atom is 0.240 e. The Morgan fingerprint density at radius 1 is 1.19 bits per heavy atom. The Labute approximate surface area is 123 Å². The lowest BCUT2D eigenvalue weighted by molar-refractivity contribution is 0.414. The number of rotatable bonds is 5. The van der Waals surface area contributed by atoms with Gasteiger partial charge in [-0.15, -0.1) is 0 Å². The molecule has 7 heteroatoms. The molecule has 0 aliphatic rings. The monoisotopic (exact) mass is 308 g/mol. The molecule has 6 nitrogen and oxygen atoms in total. The van der Waals surface area contributed by atoms with E-state index in [1.807, 2.05) is 0 Å². The van der Waals surface area contributed by atoms with Crippen molar-refractivity contribution in [3.05, 3.63) is 48.0 Å². The molecule has 0 aliphatic heterocycles. The molecule has 0 amide bonds. The van der Waals surface area contributed by atoms with Gasteiger partial charge in [0.15, 0.2) is 0 Å².